The van der Waals surface area contributed by atoms with E-state index in [4.69, 9.17) is 5.73 Å². The molecule has 1 unspecified atom stereocenters. The molecule has 1 aromatic carbocycles. The number of pyridine rings is 1. The van der Waals surface area contributed by atoms with Gasteiger partial charge in [-0.25, -0.2) is 9.37 Å². The fourth-order valence-corrected chi connectivity index (χ4v) is 1.83. The predicted octanol–water partition coefficient (Wildman–Crippen LogP) is 3.47. The molecule has 3 heteroatoms. The first-order valence-electron chi connectivity index (χ1n) is 5.47. The number of nitrogens with two attached hydrogens (primary N) is 1. The lowest BCUT2D eigenvalue weighted by Gasteiger charge is -2.11. The fraction of sp³-hybridized carbons (Fsp3) is 0.308. The summed E-state index contributed by atoms with van der Waals surface area (Å²) in [4.78, 5) is 3.90. The third kappa shape index (κ3) is 1.73. The SMILES string of the molecule is CCC(C)c1cc(F)c2c(N)nccc2c1. The van der Waals surface area contributed by atoms with E-state index in [-0.39, 0.29) is 11.6 Å². The summed E-state index contributed by atoms with van der Waals surface area (Å²) in [6, 6.07) is 5.35. The summed E-state index contributed by atoms with van der Waals surface area (Å²) in [5.74, 6) is 0.331. The number of benzene rings is 1. The zero-order valence-electron chi connectivity index (χ0n) is 9.50. The van der Waals surface area contributed by atoms with E-state index in [1.165, 1.54) is 0 Å². The number of hydrogen-bond donors (Lipinski definition) is 1. The van der Waals surface area contributed by atoms with Gasteiger partial charge in [0.2, 0.25) is 0 Å². The molecular formula is C13H15FN2. The van der Waals surface area contributed by atoms with Gasteiger partial charge in [0.05, 0.1) is 5.39 Å². The van der Waals surface area contributed by atoms with E-state index in [1.54, 1.807) is 18.3 Å². The summed E-state index contributed by atoms with van der Waals surface area (Å²) < 4.78 is 13.9. The highest BCUT2D eigenvalue weighted by molar-refractivity contribution is 5.91. The Bertz CT molecular complexity index is 523. The minimum Gasteiger partial charge on any atom is -0.383 e. The van der Waals surface area contributed by atoms with Gasteiger partial charge in [-0.15, -0.1) is 0 Å². The standard InChI is InChI=1S/C13H15FN2/c1-3-8(2)10-6-9-4-5-16-13(15)12(9)11(14)7-10/h4-8H,3H2,1-2H3,(H2,15,16). The van der Waals surface area contributed by atoms with Crippen LogP contribution in [0.3, 0.4) is 0 Å². The summed E-state index contributed by atoms with van der Waals surface area (Å²) in [6.07, 6.45) is 2.60. The number of fused-ring (bicyclic) bond motifs is 1. The molecule has 0 saturated heterocycles. The monoisotopic (exact) mass is 218 g/mol. The van der Waals surface area contributed by atoms with E-state index >= 15 is 0 Å². The highest BCUT2D eigenvalue weighted by atomic mass is 19.1. The molecule has 2 aromatic rings. The maximum Gasteiger partial charge on any atom is 0.135 e. The van der Waals surface area contributed by atoms with Crippen LogP contribution in [-0.2, 0) is 0 Å². The summed E-state index contributed by atoms with van der Waals surface area (Å²) in [6.45, 7) is 4.18. The molecule has 2 nitrogen and oxygen atoms in total. The molecule has 2 N–H and O–H groups in total. The third-order valence-electron chi connectivity index (χ3n) is 3.05. The third-order valence-corrected chi connectivity index (χ3v) is 3.05. The van der Waals surface area contributed by atoms with Gasteiger partial charge in [-0.05, 0) is 35.4 Å². The number of hydrogen-bond acceptors (Lipinski definition) is 2. The fourth-order valence-electron chi connectivity index (χ4n) is 1.83. The number of nitrogen functional groups attached to an aromatic ring is 1. The minimum atomic E-state index is -0.279. The lowest BCUT2D eigenvalue weighted by Crippen LogP contribution is -1.97. The van der Waals surface area contributed by atoms with Crippen LogP contribution < -0.4 is 5.73 Å². The first-order valence-corrected chi connectivity index (χ1v) is 5.47. The Kier molecular flexibility index (Phi) is 2.77. The van der Waals surface area contributed by atoms with Crippen molar-refractivity contribution in [2.75, 3.05) is 5.73 Å². The maximum atomic E-state index is 13.9. The molecule has 0 amide bonds. The number of anilines is 1. The van der Waals surface area contributed by atoms with Crippen molar-refractivity contribution in [3.8, 4) is 0 Å². The van der Waals surface area contributed by atoms with E-state index in [2.05, 4.69) is 18.8 Å². The molecular weight excluding hydrogens is 203 g/mol. The van der Waals surface area contributed by atoms with Crippen molar-refractivity contribution in [2.45, 2.75) is 26.2 Å². The molecule has 0 aliphatic rings. The molecule has 1 heterocycles. The number of nitrogens with zero attached hydrogens (tertiary/aromatic N) is 1. The van der Waals surface area contributed by atoms with Crippen LogP contribution in [0.15, 0.2) is 24.4 Å². The van der Waals surface area contributed by atoms with Crippen LogP contribution in [0.1, 0.15) is 31.7 Å². The van der Waals surface area contributed by atoms with E-state index in [0.717, 1.165) is 17.4 Å². The predicted molar refractivity (Wildman–Crippen MR) is 64.8 cm³/mol. The Labute approximate surface area is 94.3 Å². The van der Waals surface area contributed by atoms with Crippen molar-refractivity contribution >= 4 is 16.6 Å². The van der Waals surface area contributed by atoms with Crippen molar-refractivity contribution in [1.29, 1.82) is 0 Å². The smallest absolute Gasteiger partial charge is 0.135 e. The Morgan fingerprint density at radius 2 is 2.19 bits per heavy atom. The second kappa shape index (κ2) is 4.08. The van der Waals surface area contributed by atoms with Crippen LogP contribution in [0.4, 0.5) is 10.2 Å². The van der Waals surface area contributed by atoms with Crippen LogP contribution in [0.5, 0.6) is 0 Å². The molecule has 16 heavy (non-hydrogen) atoms. The van der Waals surface area contributed by atoms with Crippen molar-refractivity contribution < 1.29 is 4.39 Å². The molecule has 0 aliphatic heterocycles. The molecule has 1 aromatic heterocycles. The summed E-state index contributed by atoms with van der Waals surface area (Å²) in [5, 5.41) is 1.25. The van der Waals surface area contributed by atoms with E-state index in [9.17, 15) is 4.39 Å². The summed E-state index contributed by atoms with van der Waals surface area (Å²) >= 11 is 0. The van der Waals surface area contributed by atoms with E-state index in [1.807, 2.05) is 6.07 Å². The van der Waals surface area contributed by atoms with Gasteiger partial charge in [0.15, 0.2) is 0 Å². The van der Waals surface area contributed by atoms with Gasteiger partial charge in [-0.3, -0.25) is 0 Å². The number of aromatic nitrogens is 1. The Morgan fingerprint density at radius 1 is 1.44 bits per heavy atom. The van der Waals surface area contributed by atoms with E-state index < -0.39 is 0 Å². The molecule has 0 saturated carbocycles. The molecule has 0 bridgehead atoms. The maximum absolute atomic E-state index is 13.9. The van der Waals surface area contributed by atoms with Crippen molar-refractivity contribution in [3.63, 3.8) is 0 Å². The Morgan fingerprint density at radius 3 is 2.88 bits per heavy atom. The van der Waals surface area contributed by atoms with Gasteiger partial charge in [-0.1, -0.05) is 19.9 Å². The Hall–Kier alpha value is -1.64. The molecule has 0 radical (unpaired) electrons. The average molecular weight is 218 g/mol. The molecule has 84 valence electrons. The zero-order valence-corrected chi connectivity index (χ0v) is 9.50. The van der Waals surface area contributed by atoms with Crippen molar-refractivity contribution in [1.82, 2.24) is 4.98 Å². The lowest BCUT2D eigenvalue weighted by molar-refractivity contribution is 0.631. The Balaban J connectivity index is 2.68. The first-order chi connectivity index (χ1) is 7.63. The van der Waals surface area contributed by atoms with Gasteiger partial charge in [0.1, 0.15) is 11.6 Å². The van der Waals surface area contributed by atoms with Gasteiger partial charge in [-0.2, -0.15) is 0 Å². The quantitative estimate of drug-likeness (QED) is 0.838. The van der Waals surface area contributed by atoms with Crippen LogP contribution in [0.2, 0.25) is 0 Å². The van der Waals surface area contributed by atoms with Crippen LogP contribution >= 0.6 is 0 Å². The van der Waals surface area contributed by atoms with Gasteiger partial charge < -0.3 is 5.73 Å². The minimum absolute atomic E-state index is 0.255. The van der Waals surface area contributed by atoms with Gasteiger partial charge in [0.25, 0.3) is 0 Å². The van der Waals surface area contributed by atoms with Crippen LogP contribution in [0.25, 0.3) is 10.8 Å². The van der Waals surface area contributed by atoms with Gasteiger partial charge in [0, 0.05) is 6.20 Å². The molecule has 0 aliphatic carbocycles. The van der Waals surface area contributed by atoms with Gasteiger partial charge >= 0.3 is 0 Å². The van der Waals surface area contributed by atoms with Crippen molar-refractivity contribution in [2.24, 2.45) is 0 Å². The average Bonchev–Trinajstić information content (AvgIpc) is 2.27. The largest absolute Gasteiger partial charge is 0.383 e. The molecule has 1 atom stereocenters. The zero-order chi connectivity index (χ0) is 11.7. The summed E-state index contributed by atoms with van der Waals surface area (Å²) in [5.41, 5.74) is 6.68. The second-order valence-electron chi connectivity index (χ2n) is 4.11. The normalized spacial score (nSPS) is 12.9. The second-order valence-corrected chi connectivity index (χ2v) is 4.11. The molecule has 0 spiro atoms. The lowest BCUT2D eigenvalue weighted by atomic mass is 9.96. The van der Waals surface area contributed by atoms with Crippen molar-refractivity contribution in [3.05, 3.63) is 35.8 Å². The first kappa shape index (κ1) is 10.9. The van der Waals surface area contributed by atoms with Crippen LogP contribution in [-0.4, -0.2) is 4.98 Å². The number of rotatable bonds is 2. The van der Waals surface area contributed by atoms with Crippen LogP contribution in [0, 0.1) is 5.82 Å². The summed E-state index contributed by atoms with van der Waals surface area (Å²) in [7, 11) is 0. The highest BCUT2D eigenvalue weighted by Crippen LogP contribution is 2.28. The topological polar surface area (TPSA) is 38.9 Å². The number of halogens is 1. The molecule has 0 fully saturated rings. The molecule has 2 rings (SSSR count). The van der Waals surface area contributed by atoms with E-state index in [0.29, 0.717) is 11.3 Å². The highest BCUT2D eigenvalue weighted by Gasteiger charge is 2.10.